The number of piperazine rings is 1. The minimum atomic E-state index is -0.673. The maximum Gasteiger partial charge on any atom is 0.355 e. The van der Waals surface area contributed by atoms with E-state index in [0.29, 0.717) is 35.7 Å². The molecule has 0 aliphatic carbocycles. The number of fused-ring (bicyclic) bond motifs is 1. The average Bonchev–Trinajstić information content (AvgIpc) is 2.84. The van der Waals surface area contributed by atoms with Crippen LogP contribution in [-0.4, -0.2) is 50.3 Å². The van der Waals surface area contributed by atoms with E-state index >= 15 is 0 Å². The Balaban J connectivity index is 1.90. The Morgan fingerprint density at radius 2 is 2.03 bits per heavy atom. The van der Waals surface area contributed by atoms with Gasteiger partial charge in [-0.15, -0.1) is 0 Å². The predicted octanol–water partition coefficient (Wildman–Crippen LogP) is 4.57. The normalized spacial score (nSPS) is 16.1. The number of aromatic nitrogens is 4. The van der Waals surface area contributed by atoms with Gasteiger partial charge in [-0.05, 0) is 49.6 Å². The third-order valence-corrected chi connectivity index (χ3v) is 6.91. The SMILES string of the molecule is Cc1ccnc(C(C)C)c1-n1c(=O)nc(N2CCN[C@H](C)C2)c2cc(Cl)c(-c3c(O)cccc3F)nc21. The highest BCUT2D eigenvalue weighted by Gasteiger charge is 2.26. The van der Waals surface area contributed by atoms with Gasteiger partial charge in [0, 0.05) is 31.9 Å². The fraction of sp³-hybridized carbons (Fsp3) is 0.333. The minimum Gasteiger partial charge on any atom is -0.507 e. The van der Waals surface area contributed by atoms with Crippen LogP contribution in [0, 0.1) is 12.7 Å². The van der Waals surface area contributed by atoms with Crippen LogP contribution in [0.2, 0.25) is 5.02 Å². The maximum absolute atomic E-state index is 14.9. The third kappa shape index (κ3) is 4.42. The monoisotopic (exact) mass is 522 g/mol. The highest BCUT2D eigenvalue weighted by atomic mass is 35.5. The smallest absolute Gasteiger partial charge is 0.355 e. The second-order valence-electron chi connectivity index (χ2n) is 9.69. The van der Waals surface area contributed by atoms with Gasteiger partial charge in [-0.1, -0.05) is 31.5 Å². The average molecular weight is 523 g/mol. The molecule has 10 heteroatoms. The lowest BCUT2D eigenvalue weighted by Crippen LogP contribution is -2.50. The first kappa shape index (κ1) is 25.1. The molecule has 1 aromatic carbocycles. The second kappa shape index (κ2) is 9.72. The summed E-state index contributed by atoms with van der Waals surface area (Å²) >= 11 is 6.67. The Kier molecular flexibility index (Phi) is 6.59. The first-order valence-corrected chi connectivity index (χ1v) is 12.6. The van der Waals surface area contributed by atoms with Crippen LogP contribution >= 0.6 is 11.6 Å². The molecule has 4 heterocycles. The number of nitrogens with one attached hydrogen (secondary N) is 1. The van der Waals surface area contributed by atoms with Crippen molar-refractivity contribution in [3.8, 4) is 22.7 Å². The van der Waals surface area contributed by atoms with E-state index in [0.717, 1.165) is 12.1 Å². The van der Waals surface area contributed by atoms with E-state index in [9.17, 15) is 14.3 Å². The number of halogens is 2. The molecule has 1 saturated heterocycles. The van der Waals surface area contributed by atoms with Crippen LogP contribution in [0.25, 0.3) is 28.0 Å². The molecule has 5 rings (SSSR count). The van der Waals surface area contributed by atoms with Gasteiger partial charge >= 0.3 is 5.69 Å². The summed E-state index contributed by atoms with van der Waals surface area (Å²) in [6.07, 6.45) is 1.71. The summed E-state index contributed by atoms with van der Waals surface area (Å²) in [5.74, 6) is -0.495. The number of hydrogen-bond acceptors (Lipinski definition) is 7. The number of phenolic OH excluding ortho intramolecular Hbond substituents is 1. The first-order chi connectivity index (χ1) is 17.7. The lowest BCUT2D eigenvalue weighted by atomic mass is 10.0. The zero-order valence-corrected chi connectivity index (χ0v) is 21.8. The number of aryl methyl sites for hydroxylation is 1. The van der Waals surface area contributed by atoms with Gasteiger partial charge in [0.05, 0.1) is 33.0 Å². The van der Waals surface area contributed by atoms with Crippen molar-refractivity contribution in [2.75, 3.05) is 24.5 Å². The van der Waals surface area contributed by atoms with Crippen LogP contribution in [0.4, 0.5) is 10.2 Å². The first-order valence-electron chi connectivity index (χ1n) is 12.2. The molecule has 0 saturated carbocycles. The van der Waals surface area contributed by atoms with E-state index in [1.165, 1.54) is 22.8 Å². The van der Waals surface area contributed by atoms with Crippen LogP contribution < -0.4 is 15.9 Å². The largest absolute Gasteiger partial charge is 0.507 e. The van der Waals surface area contributed by atoms with Crippen molar-refractivity contribution in [1.29, 1.82) is 0 Å². The molecule has 2 N–H and O–H groups in total. The predicted molar refractivity (Wildman–Crippen MR) is 144 cm³/mol. The van der Waals surface area contributed by atoms with Crippen molar-refractivity contribution in [3.63, 3.8) is 0 Å². The Hall–Kier alpha value is -3.56. The highest BCUT2D eigenvalue weighted by molar-refractivity contribution is 6.34. The standard InChI is InChI=1S/C27H28ClFN6O2/c1-14(2)22-24(15(3)8-9-31-22)35-26-17(25(33-27(35)37)34-11-10-30-16(4)13-34)12-18(28)23(32-26)21-19(29)6-5-7-20(21)36/h5-9,12,14,16,30,36H,10-11,13H2,1-4H3/t16-/m1/s1. The van der Waals surface area contributed by atoms with Crippen LogP contribution in [-0.2, 0) is 0 Å². The number of hydrogen-bond donors (Lipinski definition) is 2. The van der Waals surface area contributed by atoms with Gasteiger partial charge in [-0.3, -0.25) is 4.98 Å². The van der Waals surface area contributed by atoms with E-state index in [1.807, 2.05) is 31.7 Å². The molecule has 192 valence electrons. The van der Waals surface area contributed by atoms with E-state index in [-0.39, 0.29) is 39.6 Å². The molecule has 0 radical (unpaired) electrons. The summed E-state index contributed by atoms with van der Waals surface area (Å²) < 4.78 is 16.3. The quantitative estimate of drug-likeness (QED) is 0.405. The molecule has 1 aliphatic rings. The zero-order chi connectivity index (χ0) is 26.4. The van der Waals surface area contributed by atoms with Crippen molar-refractivity contribution >= 4 is 28.5 Å². The highest BCUT2D eigenvalue weighted by Crippen LogP contribution is 2.38. The van der Waals surface area contributed by atoms with E-state index in [4.69, 9.17) is 16.6 Å². The van der Waals surface area contributed by atoms with Crippen molar-refractivity contribution in [2.24, 2.45) is 0 Å². The third-order valence-electron chi connectivity index (χ3n) is 6.62. The number of anilines is 1. The molecular weight excluding hydrogens is 495 g/mol. The van der Waals surface area contributed by atoms with Gasteiger partial charge in [0.2, 0.25) is 0 Å². The topological polar surface area (TPSA) is 96.2 Å². The number of rotatable bonds is 4. The van der Waals surface area contributed by atoms with Crippen molar-refractivity contribution in [3.05, 3.63) is 69.1 Å². The van der Waals surface area contributed by atoms with Crippen molar-refractivity contribution in [1.82, 2.24) is 24.8 Å². The molecule has 0 bridgehead atoms. The molecule has 0 amide bonds. The van der Waals surface area contributed by atoms with Crippen LogP contribution in [0.5, 0.6) is 5.75 Å². The second-order valence-corrected chi connectivity index (χ2v) is 10.1. The number of nitrogens with zero attached hydrogens (tertiary/aromatic N) is 5. The molecule has 1 aliphatic heterocycles. The maximum atomic E-state index is 14.9. The Morgan fingerprint density at radius 1 is 1.24 bits per heavy atom. The van der Waals surface area contributed by atoms with E-state index in [2.05, 4.69) is 22.2 Å². The lowest BCUT2D eigenvalue weighted by molar-refractivity contribution is 0.471. The van der Waals surface area contributed by atoms with Crippen LogP contribution in [0.3, 0.4) is 0 Å². The summed E-state index contributed by atoms with van der Waals surface area (Å²) in [4.78, 5) is 29.6. The molecule has 37 heavy (non-hydrogen) atoms. The van der Waals surface area contributed by atoms with Gasteiger partial charge in [0.1, 0.15) is 17.4 Å². The van der Waals surface area contributed by atoms with Crippen molar-refractivity contribution in [2.45, 2.75) is 39.7 Å². The summed E-state index contributed by atoms with van der Waals surface area (Å²) in [6.45, 7) is 9.97. The van der Waals surface area contributed by atoms with Crippen LogP contribution in [0.15, 0.2) is 41.3 Å². The Bertz CT molecular complexity index is 1550. The van der Waals surface area contributed by atoms with Gasteiger partial charge in [-0.2, -0.15) is 4.98 Å². The molecule has 4 aromatic rings. The molecule has 0 unspecified atom stereocenters. The van der Waals surface area contributed by atoms with Gasteiger partial charge in [0.25, 0.3) is 0 Å². The summed E-state index contributed by atoms with van der Waals surface area (Å²) in [5.41, 5.74) is 1.76. The van der Waals surface area contributed by atoms with E-state index in [1.54, 1.807) is 12.3 Å². The number of pyridine rings is 2. The molecule has 1 fully saturated rings. The molecule has 0 spiro atoms. The minimum absolute atomic E-state index is 0.00734. The fourth-order valence-corrected chi connectivity index (χ4v) is 5.13. The van der Waals surface area contributed by atoms with Gasteiger partial charge in [0.15, 0.2) is 5.65 Å². The lowest BCUT2D eigenvalue weighted by Gasteiger charge is -2.33. The zero-order valence-electron chi connectivity index (χ0n) is 21.1. The van der Waals surface area contributed by atoms with Crippen LogP contribution in [0.1, 0.15) is 37.9 Å². The fourth-order valence-electron chi connectivity index (χ4n) is 4.88. The Labute approximate surface area is 218 Å². The van der Waals surface area contributed by atoms with Gasteiger partial charge < -0.3 is 15.3 Å². The Morgan fingerprint density at radius 3 is 2.73 bits per heavy atom. The molecular formula is C27H28ClFN6O2. The molecule has 8 nitrogen and oxygen atoms in total. The molecule has 1 atom stereocenters. The summed E-state index contributed by atoms with van der Waals surface area (Å²) in [7, 11) is 0. The number of aromatic hydroxyl groups is 1. The number of benzene rings is 1. The molecule has 3 aromatic heterocycles. The van der Waals surface area contributed by atoms with E-state index < -0.39 is 11.5 Å². The van der Waals surface area contributed by atoms with Crippen molar-refractivity contribution < 1.29 is 9.50 Å². The summed E-state index contributed by atoms with van der Waals surface area (Å²) in [6, 6.07) is 7.67. The number of phenols is 1. The summed E-state index contributed by atoms with van der Waals surface area (Å²) in [5, 5.41) is 14.6. The van der Waals surface area contributed by atoms with Gasteiger partial charge in [-0.25, -0.2) is 18.7 Å².